The lowest BCUT2D eigenvalue weighted by atomic mass is 10.0. The van der Waals surface area contributed by atoms with Crippen LogP contribution in [-0.4, -0.2) is 18.3 Å². The van der Waals surface area contributed by atoms with Gasteiger partial charge in [-0.3, -0.25) is 9.59 Å². The van der Waals surface area contributed by atoms with E-state index < -0.39 is 0 Å². The average molecular weight is 311 g/mol. The third-order valence-electron chi connectivity index (χ3n) is 3.66. The van der Waals surface area contributed by atoms with E-state index in [9.17, 15) is 9.59 Å². The number of Topliss-reactive ketones (excluding diaryl/α,β-unsaturated/α-hetero) is 1. The number of hydrogen-bond acceptors (Lipinski definition) is 3. The Labute approximate surface area is 136 Å². The van der Waals surface area contributed by atoms with Crippen LogP contribution in [0.2, 0.25) is 0 Å². The molecule has 0 spiro atoms. The van der Waals surface area contributed by atoms with Gasteiger partial charge in [-0.1, -0.05) is 24.3 Å². The summed E-state index contributed by atoms with van der Waals surface area (Å²) in [6, 6.07) is 14.6. The fourth-order valence-corrected chi connectivity index (χ4v) is 2.37. The topological polar surface area (TPSA) is 55.4 Å². The molecule has 0 aliphatic heterocycles. The summed E-state index contributed by atoms with van der Waals surface area (Å²) < 4.78 is 5.45. The van der Waals surface area contributed by atoms with Crippen LogP contribution < -0.4 is 10.1 Å². The molecule has 0 fully saturated rings. The number of carbonyl (C=O) groups excluding carboxylic acids is 2. The van der Waals surface area contributed by atoms with Crippen molar-refractivity contribution in [2.45, 2.75) is 26.8 Å². The second-order valence-electron chi connectivity index (χ2n) is 5.52. The molecule has 1 amide bonds. The molecule has 120 valence electrons. The fourth-order valence-electron chi connectivity index (χ4n) is 2.37. The highest BCUT2D eigenvalue weighted by Gasteiger charge is 2.11. The molecule has 0 aromatic heterocycles. The second kappa shape index (κ2) is 7.58. The molecule has 0 aliphatic carbocycles. The highest BCUT2D eigenvalue weighted by molar-refractivity contribution is 5.94. The first kappa shape index (κ1) is 16.7. The van der Waals surface area contributed by atoms with E-state index in [2.05, 4.69) is 5.32 Å². The lowest BCUT2D eigenvalue weighted by molar-refractivity contribution is -0.123. The van der Waals surface area contributed by atoms with Crippen molar-refractivity contribution in [3.63, 3.8) is 0 Å². The zero-order valence-electron chi connectivity index (χ0n) is 13.6. The summed E-state index contributed by atoms with van der Waals surface area (Å²) in [5, 5.41) is 2.92. The number of ketones is 1. The van der Waals surface area contributed by atoms with Gasteiger partial charge in [0.2, 0.25) is 0 Å². The Morgan fingerprint density at radius 1 is 1.09 bits per heavy atom. The van der Waals surface area contributed by atoms with Crippen LogP contribution in [-0.2, 0) is 4.79 Å². The lowest BCUT2D eigenvalue weighted by Gasteiger charge is -2.16. The quantitative estimate of drug-likeness (QED) is 0.831. The smallest absolute Gasteiger partial charge is 0.258 e. The third kappa shape index (κ3) is 4.68. The first-order valence-corrected chi connectivity index (χ1v) is 7.56. The van der Waals surface area contributed by atoms with Gasteiger partial charge in [0.1, 0.15) is 5.75 Å². The van der Waals surface area contributed by atoms with Crippen molar-refractivity contribution in [3.8, 4) is 5.75 Å². The molecular weight excluding hydrogens is 290 g/mol. The monoisotopic (exact) mass is 311 g/mol. The molecule has 0 radical (unpaired) electrons. The van der Waals surface area contributed by atoms with E-state index in [0.29, 0.717) is 11.3 Å². The van der Waals surface area contributed by atoms with E-state index >= 15 is 0 Å². The Bertz CT molecular complexity index is 692. The molecule has 0 aliphatic rings. The minimum absolute atomic E-state index is 0.00125. The summed E-state index contributed by atoms with van der Waals surface area (Å²) in [6.45, 7) is 5.42. The van der Waals surface area contributed by atoms with Gasteiger partial charge in [0.15, 0.2) is 12.4 Å². The van der Waals surface area contributed by atoms with Crippen molar-refractivity contribution >= 4 is 11.7 Å². The van der Waals surface area contributed by atoms with Crippen LogP contribution in [0.3, 0.4) is 0 Å². The predicted molar refractivity (Wildman–Crippen MR) is 89.7 cm³/mol. The van der Waals surface area contributed by atoms with E-state index in [1.165, 1.54) is 6.92 Å². The first-order chi connectivity index (χ1) is 11.0. The van der Waals surface area contributed by atoms with Crippen LogP contribution in [0, 0.1) is 6.92 Å². The Hall–Kier alpha value is -2.62. The van der Waals surface area contributed by atoms with E-state index in [0.717, 1.165) is 11.1 Å². The Morgan fingerprint density at radius 2 is 1.74 bits per heavy atom. The van der Waals surface area contributed by atoms with Crippen LogP contribution >= 0.6 is 0 Å². The van der Waals surface area contributed by atoms with Crippen molar-refractivity contribution in [2.24, 2.45) is 0 Å². The Morgan fingerprint density at radius 3 is 2.35 bits per heavy atom. The highest BCUT2D eigenvalue weighted by Crippen LogP contribution is 2.17. The van der Waals surface area contributed by atoms with Gasteiger partial charge in [0.05, 0.1) is 6.04 Å². The minimum Gasteiger partial charge on any atom is -0.484 e. The molecule has 2 aromatic carbocycles. The maximum atomic E-state index is 12.0. The van der Waals surface area contributed by atoms with Gasteiger partial charge in [-0.25, -0.2) is 0 Å². The number of nitrogens with one attached hydrogen (secondary N) is 1. The number of hydrogen-bond donors (Lipinski definition) is 1. The molecule has 0 saturated heterocycles. The zero-order valence-corrected chi connectivity index (χ0v) is 13.6. The lowest BCUT2D eigenvalue weighted by Crippen LogP contribution is -2.31. The molecule has 23 heavy (non-hydrogen) atoms. The van der Waals surface area contributed by atoms with E-state index in [1.807, 2.05) is 38.1 Å². The molecule has 1 atom stereocenters. The van der Waals surface area contributed by atoms with Crippen LogP contribution in [0.1, 0.15) is 41.4 Å². The van der Waals surface area contributed by atoms with Crippen molar-refractivity contribution < 1.29 is 14.3 Å². The van der Waals surface area contributed by atoms with Gasteiger partial charge in [0.25, 0.3) is 5.91 Å². The molecular formula is C19H21NO3. The highest BCUT2D eigenvalue weighted by atomic mass is 16.5. The molecule has 4 nitrogen and oxygen atoms in total. The number of aryl methyl sites for hydroxylation is 1. The molecule has 1 unspecified atom stereocenters. The summed E-state index contributed by atoms with van der Waals surface area (Å²) in [5.41, 5.74) is 2.85. The summed E-state index contributed by atoms with van der Waals surface area (Å²) in [7, 11) is 0. The maximum Gasteiger partial charge on any atom is 0.258 e. The van der Waals surface area contributed by atoms with Crippen molar-refractivity contribution in [3.05, 3.63) is 65.2 Å². The first-order valence-electron chi connectivity index (χ1n) is 7.56. The summed E-state index contributed by atoms with van der Waals surface area (Å²) in [4.78, 5) is 23.2. The van der Waals surface area contributed by atoms with Crippen LogP contribution in [0.5, 0.6) is 5.75 Å². The molecule has 2 rings (SSSR count). The normalized spacial score (nSPS) is 11.6. The second-order valence-corrected chi connectivity index (χ2v) is 5.52. The summed E-state index contributed by atoms with van der Waals surface area (Å²) in [6.07, 6.45) is 0. The summed E-state index contributed by atoms with van der Waals surface area (Å²) >= 11 is 0. The van der Waals surface area contributed by atoms with E-state index in [4.69, 9.17) is 4.74 Å². The molecule has 2 aromatic rings. The SMILES string of the molecule is CC(=O)c1ccc(OCC(=O)NC(C)c2ccccc2C)cc1. The van der Waals surface area contributed by atoms with Crippen LogP contribution in [0.25, 0.3) is 0 Å². The number of amides is 1. The largest absolute Gasteiger partial charge is 0.484 e. The Kier molecular flexibility index (Phi) is 5.52. The summed E-state index contributed by atoms with van der Waals surface area (Å²) in [5.74, 6) is 0.381. The Balaban J connectivity index is 1.87. The zero-order chi connectivity index (χ0) is 16.8. The molecule has 4 heteroatoms. The van der Waals surface area contributed by atoms with Crippen molar-refractivity contribution in [2.75, 3.05) is 6.61 Å². The number of carbonyl (C=O) groups is 2. The number of rotatable bonds is 6. The van der Waals surface area contributed by atoms with Gasteiger partial charge in [0, 0.05) is 5.56 Å². The van der Waals surface area contributed by atoms with Crippen LogP contribution in [0.4, 0.5) is 0 Å². The molecule has 0 saturated carbocycles. The van der Waals surface area contributed by atoms with Crippen LogP contribution in [0.15, 0.2) is 48.5 Å². The molecule has 0 bridgehead atoms. The van der Waals surface area contributed by atoms with E-state index in [-0.39, 0.29) is 24.3 Å². The van der Waals surface area contributed by atoms with Gasteiger partial charge in [-0.2, -0.15) is 0 Å². The number of ether oxygens (including phenoxy) is 1. The van der Waals surface area contributed by atoms with Gasteiger partial charge in [-0.05, 0) is 56.2 Å². The molecule has 0 heterocycles. The number of benzene rings is 2. The average Bonchev–Trinajstić information content (AvgIpc) is 2.53. The van der Waals surface area contributed by atoms with Crippen molar-refractivity contribution in [1.82, 2.24) is 5.32 Å². The van der Waals surface area contributed by atoms with Gasteiger partial charge >= 0.3 is 0 Å². The third-order valence-corrected chi connectivity index (χ3v) is 3.66. The van der Waals surface area contributed by atoms with Crippen molar-refractivity contribution in [1.29, 1.82) is 0 Å². The van der Waals surface area contributed by atoms with E-state index in [1.54, 1.807) is 24.3 Å². The minimum atomic E-state index is -0.184. The van der Waals surface area contributed by atoms with Gasteiger partial charge < -0.3 is 10.1 Å². The van der Waals surface area contributed by atoms with Gasteiger partial charge in [-0.15, -0.1) is 0 Å². The predicted octanol–water partition coefficient (Wildman–Crippen LogP) is 3.45. The molecule has 1 N–H and O–H groups in total. The fraction of sp³-hybridized carbons (Fsp3) is 0.263. The maximum absolute atomic E-state index is 12.0. The standard InChI is InChI=1S/C19H21NO3/c1-13-6-4-5-7-18(13)14(2)20-19(22)12-23-17-10-8-16(9-11-17)15(3)21/h4-11,14H,12H2,1-3H3,(H,20,22).